The zero-order chi connectivity index (χ0) is 14.9. The molecular weight excluding hydrogens is 300 g/mol. The third-order valence-corrected chi connectivity index (χ3v) is 2.66. The lowest BCUT2D eigenvalue weighted by Crippen LogP contribution is -2.07. The summed E-state index contributed by atoms with van der Waals surface area (Å²) in [5.74, 6) is -0.932. The van der Waals surface area contributed by atoms with Gasteiger partial charge in [0.15, 0.2) is 12.1 Å². The van der Waals surface area contributed by atoms with Crippen molar-refractivity contribution in [2.24, 2.45) is 0 Å². The van der Waals surface area contributed by atoms with E-state index in [0.29, 0.717) is 12.4 Å². The number of carbonyl (C=O) groups excluding carboxylic acids is 1. The van der Waals surface area contributed by atoms with E-state index in [9.17, 15) is 22.4 Å². The second-order valence-corrected chi connectivity index (χ2v) is 4.15. The fourth-order valence-corrected chi connectivity index (χ4v) is 1.67. The molecule has 0 fully saturated rings. The van der Waals surface area contributed by atoms with Gasteiger partial charge < -0.3 is 0 Å². The summed E-state index contributed by atoms with van der Waals surface area (Å²) in [5.41, 5.74) is -1.59. The van der Waals surface area contributed by atoms with Crippen LogP contribution in [0.5, 0.6) is 0 Å². The normalized spacial score (nSPS) is 11.4. The molecule has 0 unspecified atom stereocenters. The minimum absolute atomic E-state index is 0.0129. The van der Waals surface area contributed by atoms with E-state index in [1.54, 1.807) is 0 Å². The highest BCUT2D eigenvalue weighted by molar-refractivity contribution is 6.31. The fourth-order valence-electron chi connectivity index (χ4n) is 1.47. The molecule has 0 aliphatic carbocycles. The first-order valence-corrected chi connectivity index (χ1v) is 5.55. The van der Waals surface area contributed by atoms with E-state index in [-0.39, 0.29) is 22.0 Å². The maximum Gasteiger partial charge on any atom is 0.433 e. The Kier molecular flexibility index (Phi) is 3.71. The molecular formula is C12H5ClF4N2O. The Bertz CT molecular complexity index is 656. The van der Waals surface area contributed by atoms with Gasteiger partial charge in [0.25, 0.3) is 0 Å². The molecule has 0 spiro atoms. The predicted octanol–water partition coefficient (Wildman–Crippen LogP) is 3.77. The van der Waals surface area contributed by atoms with Crippen LogP contribution in [-0.2, 0) is 6.18 Å². The van der Waals surface area contributed by atoms with Crippen molar-refractivity contribution in [1.29, 1.82) is 0 Å². The second kappa shape index (κ2) is 5.16. The highest BCUT2D eigenvalue weighted by atomic mass is 35.5. The molecule has 0 saturated carbocycles. The number of aromatic nitrogens is 2. The topological polar surface area (TPSA) is 42.9 Å². The molecule has 0 aliphatic rings. The fraction of sp³-hybridized carbons (Fsp3) is 0.0833. The average Bonchev–Trinajstić information content (AvgIpc) is 2.41. The molecule has 0 radical (unpaired) electrons. The highest BCUT2D eigenvalue weighted by Crippen LogP contribution is 2.30. The van der Waals surface area contributed by atoms with Gasteiger partial charge in [-0.1, -0.05) is 11.6 Å². The van der Waals surface area contributed by atoms with Crippen molar-refractivity contribution < 1.29 is 22.4 Å². The predicted molar refractivity (Wildman–Crippen MR) is 62.8 cm³/mol. The van der Waals surface area contributed by atoms with E-state index in [4.69, 9.17) is 11.6 Å². The van der Waals surface area contributed by atoms with Crippen molar-refractivity contribution >= 4 is 17.9 Å². The Balaban J connectivity index is 2.52. The van der Waals surface area contributed by atoms with Gasteiger partial charge in [0.05, 0.1) is 5.02 Å². The lowest BCUT2D eigenvalue weighted by molar-refractivity contribution is -0.141. The van der Waals surface area contributed by atoms with Crippen molar-refractivity contribution in [3.63, 3.8) is 0 Å². The number of rotatable bonds is 2. The molecule has 2 rings (SSSR count). The lowest BCUT2D eigenvalue weighted by atomic mass is 10.1. The van der Waals surface area contributed by atoms with Crippen LogP contribution in [0.2, 0.25) is 5.02 Å². The third-order valence-electron chi connectivity index (χ3n) is 2.38. The number of aldehydes is 1. The molecule has 20 heavy (non-hydrogen) atoms. The summed E-state index contributed by atoms with van der Waals surface area (Å²) in [6, 6.07) is 2.72. The van der Waals surface area contributed by atoms with Crippen LogP contribution in [0.4, 0.5) is 17.6 Å². The Hall–Kier alpha value is -2.02. The third kappa shape index (κ3) is 2.77. The van der Waals surface area contributed by atoms with Gasteiger partial charge in [0, 0.05) is 11.8 Å². The van der Waals surface area contributed by atoms with Crippen LogP contribution in [0.25, 0.3) is 11.3 Å². The molecule has 2 heterocycles. The first-order chi connectivity index (χ1) is 9.32. The van der Waals surface area contributed by atoms with Crippen molar-refractivity contribution in [3.8, 4) is 11.3 Å². The molecule has 2 aromatic heterocycles. The minimum atomic E-state index is -4.59. The van der Waals surface area contributed by atoms with Gasteiger partial charge in [-0.15, -0.1) is 0 Å². The van der Waals surface area contributed by atoms with Crippen LogP contribution in [0.3, 0.4) is 0 Å². The van der Waals surface area contributed by atoms with Gasteiger partial charge in [-0.05, 0) is 18.2 Å². The molecule has 0 N–H and O–H groups in total. The zero-order valence-corrected chi connectivity index (χ0v) is 10.3. The number of hydrogen-bond acceptors (Lipinski definition) is 3. The molecule has 2 aromatic rings. The molecule has 0 saturated heterocycles. The smallest absolute Gasteiger partial charge is 0.296 e. The monoisotopic (exact) mass is 304 g/mol. The van der Waals surface area contributed by atoms with Gasteiger partial charge in [-0.2, -0.15) is 13.2 Å². The van der Waals surface area contributed by atoms with Crippen LogP contribution in [0.15, 0.2) is 24.4 Å². The SMILES string of the molecule is O=Cc1cc(Cl)c(F)c(-c2ccc(C(F)(F)F)nc2)n1. The Morgan fingerprint density at radius 1 is 1.25 bits per heavy atom. The van der Waals surface area contributed by atoms with E-state index in [2.05, 4.69) is 9.97 Å². The van der Waals surface area contributed by atoms with Crippen LogP contribution in [0.1, 0.15) is 16.2 Å². The highest BCUT2D eigenvalue weighted by Gasteiger charge is 2.32. The Morgan fingerprint density at radius 2 is 1.95 bits per heavy atom. The Labute approximate surface area is 115 Å². The number of carbonyl (C=O) groups is 1. The first-order valence-electron chi connectivity index (χ1n) is 5.18. The number of halogens is 5. The van der Waals surface area contributed by atoms with Gasteiger partial charge >= 0.3 is 6.18 Å². The van der Waals surface area contributed by atoms with Crippen molar-refractivity contribution in [3.05, 3.63) is 46.6 Å². The van der Waals surface area contributed by atoms with Crippen molar-refractivity contribution in [1.82, 2.24) is 9.97 Å². The zero-order valence-electron chi connectivity index (χ0n) is 9.58. The molecule has 0 aliphatic heterocycles. The van der Waals surface area contributed by atoms with E-state index in [1.807, 2.05) is 0 Å². The first kappa shape index (κ1) is 14.4. The van der Waals surface area contributed by atoms with Crippen molar-refractivity contribution in [2.75, 3.05) is 0 Å². The molecule has 3 nitrogen and oxygen atoms in total. The molecule has 8 heteroatoms. The van der Waals surface area contributed by atoms with Gasteiger partial charge in [-0.3, -0.25) is 9.78 Å². The Morgan fingerprint density at radius 3 is 2.45 bits per heavy atom. The van der Waals surface area contributed by atoms with Gasteiger partial charge in [0.1, 0.15) is 17.1 Å². The second-order valence-electron chi connectivity index (χ2n) is 3.74. The van der Waals surface area contributed by atoms with Crippen LogP contribution >= 0.6 is 11.6 Å². The summed E-state index contributed by atoms with van der Waals surface area (Å²) in [4.78, 5) is 17.5. The van der Waals surface area contributed by atoms with Crippen LogP contribution in [0, 0.1) is 5.82 Å². The number of hydrogen-bond donors (Lipinski definition) is 0. The maximum atomic E-state index is 13.8. The largest absolute Gasteiger partial charge is 0.433 e. The summed E-state index contributed by atoms with van der Waals surface area (Å²) in [6.45, 7) is 0. The molecule has 0 aromatic carbocycles. The van der Waals surface area contributed by atoms with E-state index in [0.717, 1.165) is 18.3 Å². The van der Waals surface area contributed by atoms with Crippen LogP contribution in [-0.4, -0.2) is 16.3 Å². The summed E-state index contributed by atoms with van der Waals surface area (Å²) in [7, 11) is 0. The van der Waals surface area contributed by atoms with Crippen molar-refractivity contribution in [2.45, 2.75) is 6.18 Å². The molecule has 0 bridgehead atoms. The summed E-state index contributed by atoms with van der Waals surface area (Å²) < 4.78 is 50.9. The summed E-state index contributed by atoms with van der Waals surface area (Å²) in [6.07, 6.45) is -3.42. The van der Waals surface area contributed by atoms with E-state index < -0.39 is 17.7 Å². The van der Waals surface area contributed by atoms with Gasteiger partial charge in [0.2, 0.25) is 0 Å². The quantitative estimate of drug-likeness (QED) is 0.626. The van der Waals surface area contributed by atoms with Crippen LogP contribution < -0.4 is 0 Å². The average molecular weight is 305 g/mol. The standard InChI is InChI=1S/C12H5ClF4N2O/c13-8-3-7(5-20)19-11(10(8)14)6-1-2-9(18-4-6)12(15,16)17/h1-5H. The number of nitrogens with zero attached hydrogens (tertiary/aromatic N) is 2. The molecule has 0 atom stereocenters. The minimum Gasteiger partial charge on any atom is -0.296 e. The lowest BCUT2D eigenvalue weighted by Gasteiger charge is -2.08. The van der Waals surface area contributed by atoms with E-state index in [1.165, 1.54) is 0 Å². The van der Waals surface area contributed by atoms with E-state index >= 15 is 0 Å². The molecule has 104 valence electrons. The number of pyridine rings is 2. The molecule has 0 amide bonds. The summed E-state index contributed by atoms with van der Waals surface area (Å²) in [5, 5.41) is -0.350. The number of alkyl halides is 3. The maximum absolute atomic E-state index is 13.8. The van der Waals surface area contributed by atoms with Gasteiger partial charge in [-0.25, -0.2) is 9.37 Å². The summed E-state index contributed by atoms with van der Waals surface area (Å²) >= 11 is 5.58.